The number of piperidine rings is 1. The number of thiocarbonyl (C=S) groups is 1. The van der Waals surface area contributed by atoms with Crippen molar-refractivity contribution in [1.29, 1.82) is 5.26 Å². The Kier molecular flexibility index (Phi) is 11.0. The maximum absolute atomic E-state index is 15.4. The van der Waals surface area contributed by atoms with Gasteiger partial charge in [-0.25, -0.2) is 4.39 Å². The second kappa shape index (κ2) is 16.1. The molecule has 0 spiro atoms. The molecule has 3 aliphatic heterocycles. The van der Waals surface area contributed by atoms with Gasteiger partial charge < -0.3 is 19.7 Å². The molecular formula is C41H31F4N7O8S. The summed E-state index contributed by atoms with van der Waals surface area (Å²) in [5, 5.41) is 13.6. The van der Waals surface area contributed by atoms with Gasteiger partial charge in [-0.15, -0.1) is 0 Å². The van der Waals surface area contributed by atoms with Crippen LogP contribution in [-0.2, 0) is 25.4 Å². The fraction of sp³-hybridized carbons (Fsp3) is 0.244. The van der Waals surface area contributed by atoms with E-state index in [1.807, 2.05) is 0 Å². The first kappa shape index (κ1) is 41.9. The first-order chi connectivity index (χ1) is 28.9. The van der Waals surface area contributed by atoms with Gasteiger partial charge in [0.2, 0.25) is 11.8 Å². The van der Waals surface area contributed by atoms with Crippen molar-refractivity contribution in [2.24, 2.45) is 0 Å². The quantitative estimate of drug-likeness (QED) is 0.0919. The van der Waals surface area contributed by atoms with E-state index in [0.717, 1.165) is 17.0 Å². The number of carbonyl (C=O) groups is 6. The summed E-state index contributed by atoms with van der Waals surface area (Å²) < 4.78 is 67.8. The molecule has 1 aromatic heterocycles. The Morgan fingerprint density at radius 2 is 1.69 bits per heavy atom. The molecule has 4 heterocycles. The summed E-state index contributed by atoms with van der Waals surface area (Å²) in [7, 11) is 0. The number of halogens is 4. The zero-order valence-electron chi connectivity index (χ0n) is 32.0. The first-order valence-corrected chi connectivity index (χ1v) is 18.8. The van der Waals surface area contributed by atoms with Crippen molar-refractivity contribution in [1.82, 2.24) is 20.5 Å². The van der Waals surface area contributed by atoms with Crippen molar-refractivity contribution in [3.05, 3.63) is 101 Å². The lowest BCUT2D eigenvalue weighted by Gasteiger charge is -2.29. The Morgan fingerprint density at radius 1 is 0.984 bits per heavy atom. The van der Waals surface area contributed by atoms with Gasteiger partial charge >= 0.3 is 6.18 Å². The Morgan fingerprint density at radius 3 is 2.34 bits per heavy atom. The number of ether oxygens (including phenoxy) is 2. The van der Waals surface area contributed by atoms with E-state index in [9.17, 15) is 41.9 Å². The third-order valence-electron chi connectivity index (χ3n) is 10.1. The van der Waals surface area contributed by atoms with E-state index in [1.165, 1.54) is 49.2 Å². The highest BCUT2D eigenvalue weighted by Crippen LogP contribution is 2.42. The molecule has 4 aromatic rings. The number of benzene rings is 3. The summed E-state index contributed by atoms with van der Waals surface area (Å²) in [5.74, 6) is -5.05. The zero-order chi connectivity index (χ0) is 44.0. The van der Waals surface area contributed by atoms with Crippen molar-refractivity contribution >= 4 is 64.1 Å². The summed E-state index contributed by atoms with van der Waals surface area (Å²) in [6.45, 7) is 2.75. The molecule has 20 heteroatoms. The minimum absolute atomic E-state index is 0.0103. The third-order valence-corrected chi connectivity index (χ3v) is 10.4. The monoisotopic (exact) mass is 857 g/mol. The fourth-order valence-corrected chi connectivity index (χ4v) is 7.57. The zero-order valence-corrected chi connectivity index (χ0v) is 32.8. The van der Waals surface area contributed by atoms with Crippen LogP contribution in [0.25, 0.3) is 11.3 Å². The lowest BCUT2D eigenvalue weighted by atomic mass is 10.0. The van der Waals surface area contributed by atoms with Crippen LogP contribution in [0.1, 0.15) is 58.5 Å². The molecular weight excluding hydrogens is 827 g/mol. The summed E-state index contributed by atoms with van der Waals surface area (Å²) in [4.78, 5) is 83.0. The van der Waals surface area contributed by atoms with Crippen LogP contribution >= 0.6 is 12.2 Å². The van der Waals surface area contributed by atoms with Crippen molar-refractivity contribution in [2.45, 2.75) is 44.4 Å². The predicted octanol–water partition coefficient (Wildman–Crippen LogP) is 4.67. The molecule has 0 radical (unpaired) electrons. The van der Waals surface area contributed by atoms with E-state index in [0.29, 0.717) is 27.6 Å². The molecule has 1 atom stereocenters. The van der Waals surface area contributed by atoms with Crippen LogP contribution in [0.15, 0.2) is 72.9 Å². The number of rotatable bonds is 11. The number of nitrogens with zero attached hydrogens (tertiary/aromatic N) is 5. The number of aromatic nitrogens is 1. The van der Waals surface area contributed by atoms with Gasteiger partial charge in [0, 0.05) is 12.0 Å². The van der Waals surface area contributed by atoms with E-state index >= 15 is 4.39 Å². The smallest absolute Gasteiger partial charge is 0.420 e. The molecule has 0 aliphatic carbocycles. The number of imide groups is 2. The Hall–Kier alpha value is -7.27. The normalized spacial score (nSPS) is 17.3. The van der Waals surface area contributed by atoms with Gasteiger partial charge in [0.05, 0.1) is 52.6 Å². The average molecular weight is 858 g/mol. The van der Waals surface area contributed by atoms with E-state index in [4.69, 9.17) is 27.0 Å². The van der Waals surface area contributed by atoms with Gasteiger partial charge in [0.15, 0.2) is 17.5 Å². The number of fused-ring (bicyclic) bond motifs is 1. The highest BCUT2D eigenvalue weighted by Gasteiger charge is 2.52. The lowest BCUT2D eigenvalue weighted by Crippen LogP contribution is -2.54. The maximum atomic E-state index is 15.4. The average Bonchev–Trinajstić information content (AvgIpc) is 3.57. The van der Waals surface area contributed by atoms with Crippen molar-refractivity contribution in [3.8, 4) is 28.8 Å². The van der Waals surface area contributed by atoms with E-state index in [2.05, 4.69) is 15.6 Å². The molecule has 2 saturated heterocycles. The summed E-state index contributed by atoms with van der Waals surface area (Å²) >= 11 is 5.50. The van der Waals surface area contributed by atoms with Gasteiger partial charge in [-0.05, 0) is 99.2 Å². The van der Waals surface area contributed by atoms with E-state index < -0.39 is 82.4 Å². The fourth-order valence-electron chi connectivity index (χ4n) is 7.06. The molecule has 0 saturated carbocycles. The number of nitriles is 1. The largest absolute Gasteiger partial charge is 0.492 e. The van der Waals surface area contributed by atoms with Crippen LogP contribution in [0.2, 0.25) is 0 Å². The van der Waals surface area contributed by atoms with Gasteiger partial charge in [0.25, 0.3) is 23.6 Å². The van der Waals surface area contributed by atoms with Crippen LogP contribution < -0.4 is 29.9 Å². The molecule has 1 unspecified atom stereocenters. The molecule has 6 amide bonds. The summed E-state index contributed by atoms with van der Waals surface area (Å²) in [6, 6.07) is 16.1. The first-order valence-electron chi connectivity index (χ1n) is 18.3. The molecule has 15 nitrogen and oxygen atoms in total. The number of alkyl halides is 3. The maximum Gasteiger partial charge on any atom is 0.420 e. The lowest BCUT2D eigenvalue weighted by molar-refractivity contribution is -0.140. The van der Waals surface area contributed by atoms with E-state index in [-0.39, 0.29) is 48.0 Å². The van der Waals surface area contributed by atoms with Gasteiger partial charge in [-0.1, -0.05) is 0 Å². The molecule has 312 valence electrons. The van der Waals surface area contributed by atoms with Crippen molar-refractivity contribution in [2.75, 3.05) is 29.6 Å². The number of anilines is 2. The van der Waals surface area contributed by atoms with Crippen LogP contribution in [-0.4, -0.2) is 81.8 Å². The molecule has 2 N–H and O–H groups in total. The number of pyridine rings is 1. The Bertz CT molecular complexity index is 2580. The number of nitrogens with one attached hydrogen (secondary N) is 2. The number of hydrogen-bond donors (Lipinski definition) is 2. The van der Waals surface area contributed by atoms with Crippen LogP contribution in [0.3, 0.4) is 0 Å². The molecule has 7 rings (SSSR count). The third kappa shape index (κ3) is 7.82. The highest BCUT2D eigenvalue weighted by atomic mass is 32.1. The molecule has 61 heavy (non-hydrogen) atoms. The SMILES string of the molecule is CC1(C)C(=O)N(c2ccc(C#N)c(C(F)(F)F)c2F)C(=S)N1c1ccc(-c2ccc(OCCNC(=O)COc3ccc4c(c3)C(=O)N(C3CCC(=O)NC3=O)C4=O)cc2)nc1. The van der Waals surface area contributed by atoms with Gasteiger partial charge in [-0.3, -0.25) is 48.9 Å². The number of amides is 6. The second-order valence-corrected chi connectivity index (χ2v) is 14.7. The molecule has 3 aromatic carbocycles. The van der Waals surface area contributed by atoms with Crippen LogP contribution in [0, 0.1) is 17.1 Å². The highest BCUT2D eigenvalue weighted by molar-refractivity contribution is 7.81. The molecule has 3 aliphatic rings. The number of carbonyl (C=O) groups excluding carboxylic acids is 6. The van der Waals surface area contributed by atoms with E-state index in [1.54, 1.807) is 36.4 Å². The van der Waals surface area contributed by atoms with Crippen LogP contribution in [0.4, 0.5) is 28.9 Å². The summed E-state index contributed by atoms with van der Waals surface area (Å²) in [5.41, 5.74) is -3.36. The minimum atomic E-state index is -5.21. The standard InChI is InChI=1S/C41H31F4N7O8S/c1-40(2)38(58)51(29-12-5-22(18-46)33(34(29)42)41(43,44)45)39(61)52(40)23-6-11-28(48-19-23)21-3-7-24(8-4-21)59-16-15-47-32(54)20-60-25-9-10-26-27(17-25)37(57)50(36(26)56)30-13-14-31(53)49-35(30)55/h3-12,17,19,30H,13-16,20H2,1-2H3,(H,47,54)(H,49,53,55). The second-order valence-electron chi connectivity index (χ2n) is 14.3. The Labute approximate surface area is 348 Å². The summed E-state index contributed by atoms with van der Waals surface area (Å²) in [6.07, 6.45) is -3.79. The van der Waals surface area contributed by atoms with Gasteiger partial charge in [0.1, 0.15) is 35.3 Å². The topological polar surface area (TPSA) is 191 Å². The Balaban J connectivity index is 0.905. The minimum Gasteiger partial charge on any atom is -0.492 e. The van der Waals surface area contributed by atoms with Crippen molar-refractivity contribution in [3.63, 3.8) is 0 Å². The molecule has 0 bridgehead atoms. The van der Waals surface area contributed by atoms with Crippen LogP contribution in [0.5, 0.6) is 11.5 Å². The predicted molar refractivity (Wildman–Crippen MR) is 210 cm³/mol. The van der Waals surface area contributed by atoms with Gasteiger partial charge in [-0.2, -0.15) is 18.4 Å². The van der Waals surface area contributed by atoms with Crippen molar-refractivity contribution < 1.29 is 55.8 Å². The molecule has 2 fully saturated rings. The number of hydrogen-bond acceptors (Lipinski definition) is 11.